The zero-order valence-electron chi connectivity index (χ0n) is 16.5. The predicted molar refractivity (Wildman–Crippen MR) is 106 cm³/mol. The van der Waals surface area contributed by atoms with E-state index in [-0.39, 0.29) is 5.75 Å². The van der Waals surface area contributed by atoms with Crippen molar-refractivity contribution in [3.05, 3.63) is 48.5 Å². The Hall–Kier alpha value is -2.94. The van der Waals surface area contributed by atoms with E-state index in [9.17, 15) is 13.2 Å². The van der Waals surface area contributed by atoms with E-state index in [0.717, 1.165) is 6.26 Å². The van der Waals surface area contributed by atoms with E-state index in [1.807, 2.05) is 0 Å². The second-order valence-corrected chi connectivity index (χ2v) is 8.27. The highest BCUT2D eigenvalue weighted by Crippen LogP contribution is 2.22. The van der Waals surface area contributed by atoms with Gasteiger partial charge >= 0.3 is 16.1 Å². The third-order valence-electron chi connectivity index (χ3n) is 3.61. The van der Waals surface area contributed by atoms with Crippen molar-refractivity contribution in [2.45, 2.75) is 25.9 Å². The maximum atomic E-state index is 11.1. The molecule has 0 heterocycles. The number of hydrogen-bond donors (Lipinski definition) is 1. The zero-order chi connectivity index (χ0) is 21.5. The molecule has 2 rings (SSSR count). The summed E-state index contributed by atoms with van der Waals surface area (Å²) in [4.78, 5) is 11.1. The first-order chi connectivity index (χ1) is 13.5. The van der Waals surface area contributed by atoms with Crippen LogP contribution in [-0.2, 0) is 14.9 Å². The SMILES string of the molecule is CC(C)(Oc1ccc(OCCCOc2ccc(OS(C)(=O)=O)cc2)cc1)C(=O)O. The quantitative estimate of drug-likeness (QED) is 0.433. The van der Waals surface area contributed by atoms with Crippen molar-refractivity contribution in [1.29, 1.82) is 0 Å². The molecule has 9 heteroatoms. The van der Waals surface area contributed by atoms with Crippen molar-refractivity contribution >= 4 is 16.1 Å². The van der Waals surface area contributed by atoms with Crippen molar-refractivity contribution in [2.24, 2.45) is 0 Å². The fourth-order valence-electron chi connectivity index (χ4n) is 2.15. The summed E-state index contributed by atoms with van der Waals surface area (Å²) in [6, 6.07) is 13.0. The summed E-state index contributed by atoms with van der Waals surface area (Å²) < 4.78 is 43.5. The summed E-state index contributed by atoms with van der Waals surface area (Å²) >= 11 is 0. The van der Waals surface area contributed by atoms with Crippen LogP contribution in [0.25, 0.3) is 0 Å². The Bertz CT molecular complexity index is 903. The van der Waals surface area contributed by atoms with Crippen LogP contribution in [-0.4, -0.2) is 44.6 Å². The van der Waals surface area contributed by atoms with Gasteiger partial charge in [0.1, 0.15) is 23.0 Å². The zero-order valence-corrected chi connectivity index (χ0v) is 17.3. The summed E-state index contributed by atoms with van der Waals surface area (Å²) in [5.74, 6) is 0.843. The third kappa shape index (κ3) is 7.90. The Balaban J connectivity index is 1.71. The van der Waals surface area contributed by atoms with Crippen molar-refractivity contribution in [1.82, 2.24) is 0 Å². The highest BCUT2D eigenvalue weighted by Gasteiger charge is 2.29. The van der Waals surface area contributed by atoms with Gasteiger partial charge in [0.05, 0.1) is 19.5 Å². The summed E-state index contributed by atoms with van der Waals surface area (Å²) in [6.45, 7) is 3.80. The van der Waals surface area contributed by atoms with E-state index in [1.54, 1.807) is 36.4 Å². The molecule has 0 aliphatic heterocycles. The highest BCUT2D eigenvalue weighted by atomic mass is 32.2. The van der Waals surface area contributed by atoms with Crippen LogP contribution in [0, 0.1) is 0 Å². The Morgan fingerprint density at radius 1 is 0.862 bits per heavy atom. The van der Waals surface area contributed by atoms with Gasteiger partial charge in [-0.15, -0.1) is 0 Å². The van der Waals surface area contributed by atoms with E-state index < -0.39 is 21.7 Å². The van der Waals surface area contributed by atoms with Crippen LogP contribution >= 0.6 is 0 Å². The molecule has 0 radical (unpaired) electrons. The predicted octanol–water partition coefficient (Wildman–Crippen LogP) is 3.11. The first kappa shape index (κ1) is 22.4. The third-order valence-corrected chi connectivity index (χ3v) is 4.10. The monoisotopic (exact) mass is 424 g/mol. The molecule has 0 saturated carbocycles. The van der Waals surface area contributed by atoms with Crippen LogP contribution in [0.3, 0.4) is 0 Å². The lowest BCUT2D eigenvalue weighted by Crippen LogP contribution is -2.37. The molecular weight excluding hydrogens is 400 g/mol. The standard InChI is InChI=1S/C20H24O8S/c1-20(2,19(21)22)27-17-9-5-15(6-10-17)25-13-4-14-26-16-7-11-18(12-8-16)28-29(3,23)24/h5-12H,4,13-14H2,1-3H3,(H,21,22). The Kier molecular flexibility index (Phi) is 7.33. The maximum Gasteiger partial charge on any atom is 0.347 e. The highest BCUT2D eigenvalue weighted by molar-refractivity contribution is 7.86. The normalized spacial score (nSPS) is 11.6. The molecule has 0 atom stereocenters. The minimum atomic E-state index is -3.55. The number of hydrogen-bond acceptors (Lipinski definition) is 7. The second kappa shape index (κ2) is 9.51. The summed E-state index contributed by atoms with van der Waals surface area (Å²) in [5.41, 5.74) is -1.31. The minimum absolute atomic E-state index is 0.224. The average molecular weight is 424 g/mol. The smallest absolute Gasteiger partial charge is 0.347 e. The Morgan fingerprint density at radius 3 is 1.69 bits per heavy atom. The molecule has 0 aliphatic carbocycles. The fraction of sp³-hybridized carbons (Fsp3) is 0.350. The molecule has 0 bridgehead atoms. The van der Waals surface area contributed by atoms with E-state index in [2.05, 4.69) is 0 Å². The van der Waals surface area contributed by atoms with Gasteiger partial charge in [-0.05, 0) is 62.4 Å². The van der Waals surface area contributed by atoms with Crippen molar-refractivity contribution in [2.75, 3.05) is 19.5 Å². The molecule has 158 valence electrons. The van der Waals surface area contributed by atoms with Gasteiger partial charge in [-0.25, -0.2) is 4.79 Å². The van der Waals surface area contributed by atoms with E-state index in [1.165, 1.54) is 26.0 Å². The van der Waals surface area contributed by atoms with Gasteiger partial charge < -0.3 is 23.5 Å². The number of rotatable bonds is 11. The Labute approximate surface area is 170 Å². The first-order valence-corrected chi connectivity index (χ1v) is 10.6. The van der Waals surface area contributed by atoms with Gasteiger partial charge in [0.2, 0.25) is 0 Å². The fourth-order valence-corrected chi connectivity index (χ4v) is 2.61. The molecule has 8 nitrogen and oxygen atoms in total. The molecule has 0 aliphatic rings. The molecule has 0 unspecified atom stereocenters. The van der Waals surface area contributed by atoms with Crippen LogP contribution in [0.5, 0.6) is 23.0 Å². The summed E-state index contributed by atoms with van der Waals surface area (Å²) in [5, 5.41) is 9.07. The van der Waals surface area contributed by atoms with Crippen LogP contribution in [0.4, 0.5) is 0 Å². The van der Waals surface area contributed by atoms with Gasteiger partial charge in [0.15, 0.2) is 5.60 Å². The van der Waals surface area contributed by atoms with Gasteiger partial charge in [-0.1, -0.05) is 0 Å². The molecule has 0 saturated heterocycles. The topological polar surface area (TPSA) is 108 Å². The second-order valence-electron chi connectivity index (χ2n) is 6.70. The van der Waals surface area contributed by atoms with Gasteiger partial charge in [0, 0.05) is 6.42 Å². The molecule has 2 aromatic rings. The van der Waals surface area contributed by atoms with Gasteiger partial charge in [-0.2, -0.15) is 8.42 Å². The Morgan fingerprint density at radius 2 is 1.28 bits per heavy atom. The number of carbonyl (C=O) groups is 1. The minimum Gasteiger partial charge on any atom is -0.493 e. The van der Waals surface area contributed by atoms with Crippen LogP contribution in [0.2, 0.25) is 0 Å². The van der Waals surface area contributed by atoms with Crippen LogP contribution in [0.1, 0.15) is 20.3 Å². The molecule has 0 fully saturated rings. The average Bonchev–Trinajstić information content (AvgIpc) is 2.62. The maximum absolute atomic E-state index is 11.1. The number of aliphatic carboxylic acids is 1. The lowest BCUT2D eigenvalue weighted by atomic mass is 10.1. The largest absolute Gasteiger partial charge is 0.493 e. The van der Waals surface area contributed by atoms with Crippen LogP contribution in [0.15, 0.2) is 48.5 Å². The molecule has 2 aromatic carbocycles. The van der Waals surface area contributed by atoms with Gasteiger partial charge in [0.25, 0.3) is 0 Å². The molecule has 0 spiro atoms. The van der Waals surface area contributed by atoms with Crippen molar-refractivity contribution in [3.8, 4) is 23.0 Å². The van der Waals surface area contributed by atoms with E-state index >= 15 is 0 Å². The van der Waals surface area contributed by atoms with Crippen molar-refractivity contribution in [3.63, 3.8) is 0 Å². The first-order valence-electron chi connectivity index (χ1n) is 8.83. The molecule has 29 heavy (non-hydrogen) atoms. The number of carboxylic acid groups (broad SMARTS) is 1. The van der Waals surface area contributed by atoms with Crippen molar-refractivity contribution < 1.29 is 36.7 Å². The molecule has 0 amide bonds. The summed E-state index contributed by atoms with van der Waals surface area (Å²) in [7, 11) is -3.55. The number of carboxylic acids is 1. The molecular formula is C20H24O8S. The lowest BCUT2D eigenvalue weighted by Gasteiger charge is -2.21. The number of benzene rings is 2. The van der Waals surface area contributed by atoms with Gasteiger partial charge in [-0.3, -0.25) is 0 Å². The lowest BCUT2D eigenvalue weighted by molar-refractivity contribution is -0.152. The summed E-state index contributed by atoms with van der Waals surface area (Å²) in [6.07, 6.45) is 1.61. The molecule has 1 N–H and O–H groups in total. The number of ether oxygens (including phenoxy) is 3. The van der Waals surface area contributed by atoms with E-state index in [0.29, 0.717) is 36.9 Å². The van der Waals surface area contributed by atoms with E-state index in [4.69, 9.17) is 23.5 Å². The van der Waals surface area contributed by atoms with Crippen LogP contribution < -0.4 is 18.4 Å². The molecule has 0 aromatic heterocycles.